The molecule has 3 fully saturated rings. The molecule has 1 aliphatic heterocycles. The van der Waals surface area contributed by atoms with Crippen molar-refractivity contribution in [2.45, 2.75) is 89.3 Å². The average molecular weight is 435 g/mol. The molecule has 0 aromatic heterocycles. The molecule has 4 aliphatic rings. The highest BCUT2D eigenvalue weighted by Crippen LogP contribution is 2.77. The summed E-state index contributed by atoms with van der Waals surface area (Å²) in [7, 11) is 0. The molecule has 0 amide bonds. The number of hydrogen-bond donors (Lipinski definition) is 2. The van der Waals surface area contributed by atoms with Crippen LogP contribution in [-0.2, 0) is 23.8 Å². The Balaban J connectivity index is 2.19. The lowest BCUT2D eigenvalue weighted by molar-refractivity contribution is -0.325. The van der Waals surface area contributed by atoms with Gasteiger partial charge in [-0.15, -0.1) is 0 Å². The van der Waals surface area contributed by atoms with Crippen molar-refractivity contribution in [1.29, 1.82) is 0 Å². The fourth-order valence-corrected chi connectivity index (χ4v) is 7.59. The molecule has 7 heteroatoms. The normalized spacial score (nSPS) is 48.5. The molecule has 0 spiro atoms. The van der Waals surface area contributed by atoms with Gasteiger partial charge in [-0.1, -0.05) is 20.4 Å². The summed E-state index contributed by atoms with van der Waals surface area (Å²) in [4.78, 5) is 26.9. The van der Waals surface area contributed by atoms with Crippen molar-refractivity contribution in [2.75, 3.05) is 13.2 Å². The average Bonchev–Trinajstić information content (AvgIpc) is 2.88. The molecule has 1 saturated heterocycles. The van der Waals surface area contributed by atoms with Gasteiger partial charge in [0.2, 0.25) is 5.60 Å². The Kier molecular flexibility index (Phi) is 4.75. The summed E-state index contributed by atoms with van der Waals surface area (Å²) in [6.07, 6.45) is 0.0787. The van der Waals surface area contributed by atoms with Crippen LogP contribution in [0.15, 0.2) is 23.3 Å². The maximum Gasteiger partial charge on any atom is 0.307 e. The summed E-state index contributed by atoms with van der Waals surface area (Å²) in [5.41, 5.74) is -8.13. The van der Waals surface area contributed by atoms with Gasteiger partial charge in [0.15, 0.2) is 17.0 Å². The van der Waals surface area contributed by atoms with E-state index in [9.17, 15) is 19.8 Å². The number of ether oxygens (including phenoxy) is 3. The number of allylic oxidation sites excluding steroid dienone is 1. The van der Waals surface area contributed by atoms with Crippen LogP contribution in [-0.4, -0.2) is 63.7 Å². The standard InChI is InChI=1S/C24H34O7/c1-8-29-19-14(5)10-11-21(30-9-2)20(7)12-16(25)31-24(19,21)22(27)15(6)17(13(3)4)18(26)23(20,22)28/h14,19,27-28H,3,8-12H2,1-2,4-7H3. The molecule has 0 radical (unpaired) electrons. The summed E-state index contributed by atoms with van der Waals surface area (Å²) in [6.45, 7) is 15.1. The van der Waals surface area contributed by atoms with E-state index < -0.39 is 45.7 Å². The smallest absolute Gasteiger partial charge is 0.307 e. The maximum atomic E-state index is 13.9. The van der Waals surface area contributed by atoms with E-state index in [2.05, 4.69) is 6.58 Å². The number of Topliss-reactive ketones (excluding diaryl/α,β-unsaturated/α-hetero) is 1. The van der Waals surface area contributed by atoms with Gasteiger partial charge >= 0.3 is 5.97 Å². The third kappa shape index (κ3) is 1.97. The zero-order valence-electron chi connectivity index (χ0n) is 19.3. The summed E-state index contributed by atoms with van der Waals surface area (Å²) in [5.74, 6) is -1.31. The Morgan fingerprint density at radius 3 is 2.42 bits per heavy atom. The molecule has 2 N–H and O–H groups in total. The van der Waals surface area contributed by atoms with Crippen molar-refractivity contribution in [1.82, 2.24) is 0 Å². The highest BCUT2D eigenvalue weighted by Gasteiger charge is 2.97. The molecule has 2 bridgehead atoms. The largest absolute Gasteiger partial charge is 0.449 e. The zero-order valence-corrected chi connectivity index (χ0v) is 19.3. The van der Waals surface area contributed by atoms with E-state index in [1.807, 2.05) is 20.8 Å². The fourth-order valence-electron chi connectivity index (χ4n) is 7.59. The summed E-state index contributed by atoms with van der Waals surface area (Å²) in [6, 6.07) is 0. The Morgan fingerprint density at radius 2 is 1.87 bits per heavy atom. The first-order chi connectivity index (χ1) is 14.4. The number of carbonyl (C=O) groups is 2. The molecule has 2 saturated carbocycles. The van der Waals surface area contributed by atoms with E-state index in [1.165, 1.54) is 0 Å². The topological polar surface area (TPSA) is 102 Å². The second-order valence-corrected chi connectivity index (χ2v) is 9.90. The molecule has 172 valence electrons. The lowest BCUT2D eigenvalue weighted by Crippen LogP contribution is -2.78. The Labute approximate surface area is 183 Å². The van der Waals surface area contributed by atoms with E-state index >= 15 is 0 Å². The SMILES string of the molecule is C=C(C)C1=C(C)C2(O)C(O)(C1=O)C1(C)CC(=O)OC23C(OCC)C(C)CCC13OCC. The Bertz CT molecular complexity index is 908. The Morgan fingerprint density at radius 1 is 1.23 bits per heavy atom. The quantitative estimate of drug-likeness (QED) is 0.640. The lowest BCUT2D eigenvalue weighted by Gasteiger charge is -2.62. The van der Waals surface area contributed by atoms with Gasteiger partial charge in [0.25, 0.3) is 0 Å². The van der Waals surface area contributed by atoms with E-state index in [1.54, 1.807) is 20.8 Å². The predicted octanol–water partition coefficient (Wildman–Crippen LogP) is 2.24. The second-order valence-electron chi connectivity index (χ2n) is 9.90. The van der Waals surface area contributed by atoms with Gasteiger partial charge in [0.1, 0.15) is 11.7 Å². The number of esters is 1. The lowest BCUT2D eigenvalue weighted by atomic mass is 9.55. The van der Waals surface area contributed by atoms with E-state index in [4.69, 9.17) is 14.2 Å². The van der Waals surface area contributed by atoms with Crippen molar-refractivity contribution < 1.29 is 34.0 Å². The third-order valence-electron chi connectivity index (χ3n) is 8.63. The van der Waals surface area contributed by atoms with Crippen molar-refractivity contribution in [3.63, 3.8) is 0 Å². The molecule has 31 heavy (non-hydrogen) atoms. The summed E-state index contributed by atoms with van der Waals surface area (Å²) < 4.78 is 18.7. The van der Waals surface area contributed by atoms with Crippen LogP contribution in [0.2, 0.25) is 0 Å². The number of fused-ring (bicyclic) bond motifs is 2. The van der Waals surface area contributed by atoms with Gasteiger partial charge in [-0.05, 0) is 57.6 Å². The monoisotopic (exact) mass is 434 g/mol. The van der Waals surface area contributed by atoms with Crippen molar-refractivity contribution in [3.8, 4) is 0 Å². The van der Waals surface area contributed by atoms with Gasteiger partial charge in [0.05, 0.1) is 11.8 Å². The molecule has 0 aromatic rings. The number of aliphatic hydroxyl groups is 2. The van der Waals surface area contributed by atoms with Crippen LogP contribution in [0.1, 0.15) is 60.8 Å². The van der Waals surface area contributed by atoms with Gasteiger partial charge in [0, 0.05) is 18.8 Å². The molecule has 3 aliphatic carbocycles. The minimum Gasteiger partial charge on any atom is -0.449 e. The van der Waals surface area contributed by atoms with Crippen LogP contribution in [0, 0.1) is 11.3 Å². The summed E-state index contributed by atoms with van der Waals surface area (Å²) in [5, 5.41) is 24.9. The molecule has 4 rings (SSSR count). The van der Waals surface area contributed by atoms with E-state index in [0.717, 1.165) is 0 Å². The number of rotatable bonds is 5. The van der Waals surface area contributed by atoms with Crippen LogP contribution in [0.25, 0.3) is 0 Å². The van der Waals surface area contributed by atoms with E-state index in [-0.39, 0.29) is 30.1 Å². The Hall–Kier alpha value is -1.54. The first-order valence-corrected chi connectivity index (χ1v) is 11.2. The second kappa shape index (κ2) is 6.50. The van der Waals surface area contributed by atoms with Crippen molar-refractivity contribution >= 4 is 11.8 Å². The zero-order chi connectivity index (χ0) is 23.2. The molecule has 1 heterocycles. The van der Waals surface area contributed by atoms with Gasteiger partial charge in [-0.2, -0.15) is 0 Å². The minimum absolute atomic E-state index is 0.105. The third-order valence-corrected chi connectivity index (χ3v) is 8.63. The molecule has 7 unspecified atom stereocenters. The van der Waals surface area contributed by atoms with Crippen LogP contribution >= 0.6 is 0 Å². The van der Waals surface area contributed by atoms with Crippen LogP contribution in [0.4, 0.5) is 0 Å². The van der Waals surface area contributed by atoms with E-state index in [0.29, 0.717) is 25.0 Å². The predicted molar refractivity (Wildman–Crippen MR) is 112 cm³/mol. The highest BCUT2D eigenvalue weighted by atomic mass is 16.6. The maximum absolute atomic E-state index is 13.9. The number of ketones is 1. The van der Waals surface area contributed by atoms with Crippen LogP contribution in [0.5, 0.6) is 0 Å². The molecular formula is C24H34O7. The summed E-state index contributed by atoms with van der Waals surface area (Å²) >= 11 is 0. The first kappa shape index (κ1) is 22.6. The van der Waals surface area contributed by atoms with Crippen molar-refractivity contribution in [2.24, 2.45) is 11.3 Å². The molecule has 7 atom stereocenters. The van der Waals surface area contributed by atoms with Crippen LogP contribution < -0.4 is 0 Å². The molecule has 7 nitrogen and oxygen atoms in total. The van der Waals surface area contributed by atoms with Gasteiger partial charge in [-0.3, -0.25) is 9.59 Å². The number of carbonyl (C=O) groups excluding carboxylic acids is 2. The van der Waals surface area contributed by atoms with Crippen molar-refractivity contribution in [3.05, 3.63) is 23.3 Å². The fraction of sp³-hybridized carbons (Fsp3) is 0.750. The first-order valence-electron chi connectivity index (χ1n) is 11.2. The highest BCUT2D eigenvalue weighted by molar-refractivity contribution is 6.13. The van der Waals surface area contributed by atoms with Crippen LogP contribution in [0.3, 0.4) is 0 Å². The molecule has 0 aromatic carbocycles. The molecular weight excluding hydrogens is 400 g/mol. The minimum atomic E-state index is -2.32. The van der Waals surface area contributed by atoms with Gasteiger partial charge < -0.3 is 24.4 Å². The number of hydrogen-bond acceptors (Lipinski definition) is 7. The van der Waals surface area contributed by atoms with Gasteiger partial charge in [-0.25, -0.2) is 0 Å².